The monoisotopic (exact) mass is 296 g/mol. The smallest absolute Gasteiger partial charge is 0.0716 e. The average Bonchev–Trinajstić information content (AvgIpc) is 2.58. The Morgan fingerprint density at radius 2 is 1.64 bits per heavy atom. The number of piperazine rings is 1. The van der Waals surface area contributed by atoms with Crippen LogP contribution in [-0.2, 0) is 0 Å². The lowest BCUT2D eigenvalue weighted by Crippen LogP contribution is -2.48. The Bertz CT molecular complexity index is 564. The van der Waals surface area contributed by atoms with Crippen LogP contribution in [-0.4, -0.2) is 48.0 Å². The number of pyridine rings is 1. The van der Waals surface area contributed by atoms with Gasteiger partial charge < -0.3 is 10.6 Å². The topological polar surface area (TPSA) is 45.4 Å². The van der Waals surface area contributed by atoms with Crippen molar-refractivity contribution in [1.82, 2.24) is 14.8 Å². The fraction of sp³-hybridized carbons (Fsp3) is 0.389. The summed E-state index contributed by atoms with van der Waals surface area (Å²) >= 11 is 0. The van der Waals surface area contributed by atoms with Crippen LogP contribution in [0.3, 0.4) is 0 Å². The standard InChI is InChI=1S/C18H24N4/c1-21-11-13-22(14-12-21)18(16-9-5-6-10-20-16)17(19)15-7-3-2-4-8-15/h2-10,17-18H,11-14,19H2,1H3. The van der Waals surface area contributed by atoms with E-state index in [0.29, 0.717) is 0 Å². The van der Waals surface area contributed by atoms with Crippen LogP contribution in [0.4, 0.5) is 0 Å². The molecule has 4 nitrogen and oxygen atoms in total. The van der Waals surface area contributed by atoms with Crippen molar-refractivity contribution in [3.63, 3.8) is 0 Å². The maximum Gasteiger partial charge on any atom is 0.0716 e. The number of aromatic nitrogens is 1. The predicted octanol–water partition coefficient (Wildman–Crippen LogP) is 2.07. The average molecular weight is 296 g/mol. The van der Waals surface area contributed by atoms with Crippen LogP contribution in [0.5, 0.6) is 0 Å². The Morgan fingerprint density at radius 3 is 2.27 bits per heavy atom. The van der Waals surface area contributed by atoms with Gasteiger partial charge in [0, 0.05) is 32.4 Å². The van der Waals surface area contributed by atoms with Crippen LogP contribution >= 0.6 is 0 Å². The maximum atomic E-state index is 6.64. The van der Waals surface area contributed by atoms with Gasteiger partial charge in [0.05, 0.1) is 17.8 Å². The molecule has 0 spiro atoms. The van der Waals surface area contributed by atoms with Gasteiger partial charge in [-0.15, -0.1) is 0 Å². The van der Waals surface area contributed by atoms with E-state index in [1.165, 1.54) is 0 Å². The highest BCUT2D eigenvalue weighted by atomic mass is 15.3. The van der Waals surface area contributed by atoms with E-state index in [1.54, 1.807) is 0 Å². The van der Waals surface area contributed by atoms with Gasteiger partial charge in [-0.3, -0.25) is 9.88 Å². The summed E-state index contributed by atoms with van der Waals surface area (Å²) < 4.78 is 0. The zero-order valence-corrected chi connectivity index (χ0v) is 13.1. The second-order valence-electron chi connectivity index (χ2n) is 5.98. The zero-order valence-electron chi connectivity index (χ0n) is 13.1. The van der Waals surface area contributed by atoms with Crippen molar-refractivity contribution in [2.24, 2.45) is 5.73 Å². The molecule has 1 aromatic carbocycles. The molecule has 2 heterocycles. The van der Waals surface area contributed by atoms with Crippen molar-refractivity contribution in [2.75, 3.05) is 33.2 Å². The molecule has 3 rings (SSSR count). The molecule has 1 saturated heterocycles. The van der Waals surface area contributed by atoms with E-state index in [2.05, 4.69) is 52.2 Å². The van der Waals surface area contributed by atoms with E-state index >= 15 is 0 Å². The SMILES string of the molecule is CN1CCN(C(c2ccccn2)C(N)c2ccccc2)CC1. The van der Waals surface area contributed by atoms with E-state index in [-0.39, 0.29) is 12.1 Å². The quantitative estimate of drug-likeness (QED) is 0.938. The Labute approximate surface area is 132 Å². The van der Waals surface area contributed by atoms with Crippen LogP contribution in [0, 0.1) is 0 Å². The molecule has 0 amide bonds. The molecule has 1 aliphatic rings. The Kier molecular flexibility index (Phi) is 4.83. The maximum absolute atomic E-state index is 6.64. The molecule has 22 heavy (non-hydrogen) atoms. The highest BCUT2D eigenvalue weighted by molar-refractivity contribution is 5.24. The van der Waals surface area contributed by atoms with Crippen LogP contribution in [0.1, 0.15) is 23.3 Å². The van der Waals surface area contributed by atoms with E-state index in [9.17, 15) is 0 Å². The molecule has 4 heteroatoms. The first-order valence-corrected chi connectivity index (χ1v) is 7.90. The summed E-state index contributed by atoms with van der Waals surface area (Å²) in [5, 5.41) is 0. The molecule has 0 bridgehead atoms. The largest absolute Gasteiger partial charge is 0.322 e. The number of hydrogen-bond acceptors (Lipinski definition) is 4. The molecule has 2 unspecified atom stereocenters. The molecule has 1 aliphatic heterocycles. The number of nitrogens with two attached hydrogens (primary N) is 1. The Hall–Kier alpha value is -1.75. The molecular weight excluding hydrogens is 272 g/mol. The second-order valence-corrected chi connectivity index (χ2v) is 5.98. The van der Waals surface area contributed by atoms with E-state index in [0.717, 1.165) is 37.4 Å². The molecule has 2 atom stereocenters. The third-order valence-electron chi connectivity index (χ3n) is 4.45. The van der Waals surface area contributed by atoms with Crippen LogP contribution < -0.4 is 5.73 Å². The molecule has 2 N–H and O–H groups in total. The molecule has 0 aliphatic carbocycles. The van der Waals surface area contributed by atoms with Gasteiger partial charge in [0.1, 0.15) is 0 Å². The summed E-state index contributed by atoms with van der Waals surface area (Å²) in [5.74, 6) is 0. The van der Waals surface area contributed by atoms with Gasteiger partial charge in [0.15, 0.2) is 0 Å². The van der Waals surface area contributed by atoms with Crippen molar-refractivity contribution in [2.45, 2.75) is 12.1 Å². The van der Waals surface area contributed by atoms with Crippen molar-refractivity contribution < 1.29 is 0 Å². The minimum Gasteiger partial charge on any atom is -0.322 e. The number of rotatable bonds is 4. The first kappa shape index (κ1) is 15.2. The third-order valence-corrected chi connectivity index (χ3v) is 4.45. The highest BCUT2D eigenvalue weighted by Crippen LogP contribution is 2.31. The van der Waals surface area contributed by atoms with Gasteiger partial charge in [-0.1, -0.05) is 36.4 Å². The van der Waals surface area contributed by atoms with Crippen molar-refractivity contribution >= 4 is 0 Å². The van der Waals surface area contributed by atoms with E-state index < -0.39 is 0 Å². The van der Waals surface area contributed by atoms with Crippen molar-refractivity contribution in [3.8, 4) is 0 Å². The Balaban J connectivity index is 1.89. The molecule has 116 valence electrons. The summed E-state index contributed by atoms with van der Waals surface area (Å²) in [6.45, 7) is 4.20. The lowest BCUT2D eigenvalue weighted by Gasteiger charge is -2.40. The lowest BCUT2D eigenvalue weighted by molar-refractivity contribution is 0.0956. The van der Waals surface area contributed by atoms with Gasteiger partial charge in [-0.05, 0) is 24.7 Å². The molecule has 0 radical (unpaired) electrons. The number of benzene rings is 1. The first-order valence-electron chi connectivity index (χ1n) is 7.90. The summed E-state index contributed by atoms with van der Waals surface area (Å²) in [5.41, 5.74) is 8.86. The summed E-state index contributed by atoms with van der Waals surface area (Å²) in [6, 6.07) is 16.5. The second kappa shape index (κ2) is 7.01. The fourth-order valence-electron chi connectivity index (χ4n) is 3.11. The predicted molar refractivity (Wildman–Crippen MR) is 89.4 cm³/mol. The molecular formula is C18H24N4. The van der Waals surface area contributed by atoms with Gasteiger partial charge in [0.25, 0.3) is 0 Å². The minimum atomic E-state index is -0.0699. The number of likely N-dealkylation sites (N-methyl/N-ethyl adjacent to an activating group) is 1. The van der Waals surface area contributed by atoms with Crippen LogP contribution in [0.25, 0.3) is 0 Å². The summed E-state index contributed by atoms with van der Waals surface area (Å²) in [6.07, 6.45) is 1.86. The Morgan fingerprint density at radius 1 is 0.955 bits per heavy atom. The zero-order chi connectivity index (χ0) is 15.4. The normalized spacial score (nSPS) is 19.7. The third kappa shape index (κ3) is 3.35. The van der Waals surface area contributed by atoms with E-state index in [4.69, 9.17) is 5.73 Å². The highest BCUT2D eigenvalue weighted by Gasteiger charge is 2.30. The van der Waals surface area contributed by atoms with Crippen LogP contribution in [0.15, 0.2) is 54.7 Å². The van der Waals surface area contributed by atoms with Gasteiger partial charge in [-0.25, -0.2) is 0 Å². The number of hydrogen-bond donors (Lipinski definition) is 1. The van der Waals surface area contributed by atoms with Crippen LogP contribution in [0.2, 0.25) is 0 Å². The van der Waals surface area contributed by atoms with E-state index in [1.807, 2.05) is 24.4 Å². The molecule has 1 fully saturated rings. The molecule has 0 saturated carbocycles. The van der Waals surface area contributed by atoms with Crippen molar-refractivity contribution in [3.05, 3.63) is 66.0 Å². The lowest BCUT2D eigenvalue weighted by atomic mass is 9.95. The molecule has 2 aromatic rings. The van der Waals surface area contributed by atoms with Gasteiger partial charge >= 0.3 is 0 Å². The van der Waals surface area contributed by atoms with Gasteiger partial charge in [-0.2, -0.15) is 0 Å². The number of nitrogens with zero attached hydrogens (tertiary/aromatic N) is 3. The summed E-state index contributed by atoms with van der Waals surface area (Å²) in [7, 11) is 2.17. The minimum absolute atomic E-state index is 0.0699. The van der Waals surface area contributed by atoms with Crippen molar-refractivity contribution in [1.29, 1.82) is 0 Å². The van der Waals surface area contributed by atoms with Gasteiger partial charge in [0.2, 0.25) is 0 Å². The molecule has 1 aromatic heterocycles. The fourth-order valence-corrected chi connectivity index (χ4v) is 3.11. The first-order chi connectivity index (χ1) is 10.8. The summed E-state index contributed by atoms with van der Waals surface area (Å²) in [4.78, 5) is 9.42.